The Morgan fingerprint density at radius 1 is 0.947 bits per heavy atom. The lowest BCUT2D eigenvalue weighted by atomic mass is 10.1. The summed E-state index contributed by atoms with van der Waals surface area (Å²) in [6, 6.07) is 0. The smallest absolute Gasteiger partial charge is 0.321 e. The van der Waals surface area contributed by atoms with E-state index in [0.29, 0.717) is 0 Å². The van der Waals surface area contributed by atoms with Gasteiger partial charge in [0.2, 0.25) is 0 Å². The summed E-state index contributed by atoms with van der Waals surface area (Å²) in [4.78, 5) is 9.13. The van der Waals surface area contributed by atoms with E-state index >= 15 is 0 Å². The molecule has 0 radical (unpaired) electrons. The van der Waals surface area contributed by atoms with Crippen LogP contribution in [0.4, 0.5) is 0 Å². The standard InChI is InChI=1S/C15H31O3P/c1-3-4-5-6-7-8-9-10-11-12-13-14-15-19(16,17)18-2/h14-15H,3-13H2,1-2H3,(H,16,17). The highest BCUT2D eigenvalue weighted by Crippen LogP contribution is 2.42. The first-order chi connectivity index (χ1) is 9.12. The van der Waals surface area contributed by atoms with Gasteiger partial charge in [-0.25, -0.2) is 0 Å². The van der Waals surface area contributed by atoms with E-state index in [1.807, 2.05) is 0 Å². The molecule has 1 unspecified atom stereocenters. The van der Waals surface area contributed by atoms with Crippen molar-refractivity contribution in [3.8, 4) is 0 Å². The van der Waals surface area contributed by atoms with E-state index in [9.17, 15) is 4.57 Å². The molecule has 1 N–H and O–H groups in total. The lowest BCUT2D eigenvalue weighted by Gasteiger charge is -2.02. The fraction of sp³-hybridized carbons (Fsp3) is 0.867. The van der Waals surface area contributed by atoms with Crippen LogP contribution < -0.4 is 0 Å². The van der Waals surface area contributed by atoms with E-state index < -0.39 is 7.60 Å². The maximum Gasteiger partial charge on any atom is 0.351 e. The molecule has 0 aliphatic rings. The van der Waals surface area contributed by atoms with Crippen molar-refractivity contribution in [1.29, 1.82) is 0 Å². The second-order valence-electron chi connectivity index (χ2n) is 5.10. The second-order valence-corrected chi connectivity index (χ2v) is 6.89. The van der Waals surface area contributed by atoms with Crippen molar-refractivity contribution in [1.82, 2.24) is 0 Å². The normalized spacial score (nSPS) is 14.9. The Hall–Kier alpha value is -0.110. The third-order valence-electron chi connectivity index (χ3n) is 3.28. The van der Waals surface area contributed by atoms with Gasteiger partial charge in [-0.2, -0.15) is 0 Å². The van der Waals surface area contributed by atoms with Gasteiger partial charge in [0.1, 0.15) is 0 Å². The van der Waals surface area contributed by atoms with Crippen molar-refractivity contribution in [3.05, 3.63) is 11.9 Å². The van der Waals surface area contributed by atoms with E-state index in [2.05, 4.69) is 11.4 Å². The number of unbranched alkanes of at least 4 members (excludes halogenated alkanes) is 10. The SMILES string of the molecule is CCCCCCCCCCCCC=CP(=O)(O)OC. The Morgan fingerprint density at radius 2 is 1.42 bits per heavy atom. The van der Waals surface area contributed by atoms with Gasteiger partial charge >= 0.3 is 7.60 Å². The number of hydrogen-bond donors (Lipinski definition) is 1. The van der Waals surface area contributed by atoms with Gasteiger partial charge in [0.05, 0.1) is 0 Å². The summed E-state index contributed by atoms with van der Waals surface area (Å²) >= 11 is 0. The first-order valence-electron chi connectivity index (χ1n) is 7.68. The zero-order valence-corrected chi connectivity index (χ0v) is 13.5. The minimum atomic E-state index is -3.43. The second kappa shape index (κ2) is 12.9. The maximum atomic E-state index is 11.1. The highest BCUT2D eigenvalue weighted by atomic mass is 31.2. The summed E-state index contributed by atoms with van der Waals surface area (Å²) in [5.74, 6) is 1.29. The van der Waals surface area contributed by atoms with Crippen LogP contribution in [0.3, 0.4) is 0 Å². The van der Waals surface area contributed by atoms with E-state index in [4.69, 9.17) is 4.89 Å². The fourth-order valence-electron chi connectivity index (χ4n) is 2.02. The van der Waals surface area contributed by atoms with Crippen molar-refractivity contribution < 1.29 is 14.0 Å². The molecule has 0 amide bonds. The van der Waals surface area contributed by atoms with Gasteiger partial charge in [0.25, 0.3) is 0 Å². The third-order valence-corrected chi connectivity index (χ3v) is 4.39. The number of rotatable bonds is 13. The maximum absolute atomic E-state index is 11.1. The van der Waals surface area contributed by atoms with Crippen LogP contribution in [0, 0.1) is 0 Å². The van der Waals surface area contributed by atoms with Gasteiger partial charge in [0.15, 0.2) is 0 Å². The highest BCUT2D eigenvalue weighted by molar-refractivity contribution is 7.56. The molecular formula is C15H31O3P. The van der Waals surface area contributed by atoms with Crippen LogP contribution in [0.2, 0.25) is 0 Å². The van der Waals surface area contributed by atoms with E-state index in [1.54, 1.807) is 6.08 Å². The van der Waals surface area contributed by atoms with Crippen molar-refractivity contribution in [3.63, 3.8) is 0 Å². The molecule has 19 heavy (non-hydrogen) atoms. The summed E-state index contributed by atoms with van der Waals surface area (Å²) in [6.45, 7) is 2.25. The minimum Gasteiger partial charge on any atom is -0.321 e. The fourth-order valence-corrected chi connectivity index (χ4v) is 2.56. The average Bonchev–Trinajstić information content (AvgIpc) is 2.40. The van der Waals surface area contributed by atoms with Crippen LogP contribution in [0.25, 0.3) is 0 Å². The molecule has 0 rings (SSSR count). The minimum absolute atomic E-state index is 0.865. The summed E-state index contributed by atoms with van der Waals surface area (Å²) in [7, 11) is -2.18. The molecule has 0 bridgehead atoms. The summed E-state index contributed by atoms with van der Waals surface area (Å²) in [6.07, 6.45) is 15.7. The molecule has 0 aromatic carbocycles. The summed E-state index contributed by atoms with van der Waals surface area (Å²) in [5.41, 5.74) is 0. The Bertz CT molecular complexity index is 264. The number of hydrogen-bond acceptors (Lipinski definition) is 2. The zero-order chi connectivity index (χ0) is 14.4. The van der Waals surface area contributed by atoms with Crippen LogP contribution in [0.15, 0.2) is 11.9 Å². The largest absolute Gasteiger partial charge is 0.351 e. The lowest BCUT2D eigenvalue weighted by Crippen LogP contribution is -1.81. The first kappa shape index (κ1) is 18.9. The predicted molar refractivity (Wildman–Crippen MR) is 82.4 cm³/mol. The van der Waals surface area contributed by atoms with E-state index in [-0.39, 0.29) is 0 Å². The quantitative estimate of drug-likeness (QED) is 0.352. The lowest BCUT2D eigenvalue weighted by molar-refractivity contribution is 0.326. The van der Waals surface area contributed by atoms with Crippen LogP contribution in [-0.2, 0) is 9.09 Å². The molecule has 0 saturated carbocycles. The van der Waals surface area contributed by atoms with Crippen molar-refractivity contribution in [2.75, 3.05) is 7.11 Å². The third kappa shape index (κ3) is 14.1. The van der Waals surface area contributed by atoms with Crippen molar-refractivity contribution in [2.45, 2.75) is 77.6 Å². The van der Waals surface area contributed by atoms with Crippen LogP contribution in [0.5, 0.6) is 0 Å². The Balaban J connectivity index is 3.21. The zero-order valence-electron chi connectivity index (χ0n) is 12.6. The predicted octanol–water partition coefficient (Wildman–Crippen LogP) is 5.64. The topological polar surface area (TPSA) is 46.5 Å². The van der Waals surface area contributed by atoms with Gasteiger partial charge in [-0.1, -0.05) is 70.8 Å². The molecule has 0 aliphatic carbocycles. The van der Waals surface area contributed by atoms with Crippen molar-refractivity contribution in [2.24, 2.45) is 0 Å². The van der Waals surface area contributed by atoms with Crippen molar-refractivity contribution >= 4 is 7.60 Å². The molecule has 3 nitrogen and oxygen atoms in total. The molecule has 0 saturated heterocycles. The first-order valence-corrected chi connectivity index (χ1v) is 9.33. The molecule has 0 aromatic rings. The number of allylic oxidation sites excluding steroid dienone is 1. The Kier molecular flexibility index (Phi) is 12.8. The van der Waals surface area contributed by atoms with Gasteiger partial charge in [0, 0.05) is 12.9 Å². The van der Waals surface area contributed by atoms with Gasteiger partial charge < -0.3 is 9.42 Å². The van der Waals surface area contributed by atoms with Gasteiger partial charge in [-0.3, -0.25) is 4.57 Å². The highest BCUT2D eigenvalue weighted by Gasteiger charge is 2.09. The molecule has 0 aromatic heterocycles. The summed E-state index contributed by atoms with van der Waals surface area (Å²) in [5, 5.41) is 0. The monoisotopic (exact) mass is 290 g/mol. The molecule has 0 aliphatic heterocycles. The Labute approximate surface area is 119 Å². The van der Waals surface area contributed by atoms with Crippen LogP contribution in [-0.4, -0.2) is 12.0 Å². The molecule has 0 heterocycles. The molecule has 114 valence electrons. The van der Waals surface area contributed by atoms with Gasteiger partial charge in [-0.15, -0.1) is 0 Å². The van der Waals surface area contributed by atoms with Crippen LogP contribution in [0.1, 0.15) is 77.6 Å². The molecule has 4 heteroatoms. The molecule has 1 atom stereocenters. The van der Waals surface area contributed by atoms with Gasteiger partial charge in [-0.05, 0) is 12.8 Å². The summed E-state index contributed by atoms with van der Waals surface area (Å²) < 4.78 is 15.6. The molecule has 0 spiro atoms. The van der Waals surface area contributed by atoms with E-state index in [1.165, 1.54) is 70.7 Å². The molecule has 0 fully saturated rings. The average molecular weight is 290 g/mol. The molecular weight excluding hydrogens is 259 g/mol. The van der Waals surface area contributed by atoms with Crippen LogP contribution >= 0.6 is 7.60 Å². The Morgan fingerprint density at radius 3 is 1.89 bits per heavy atom. The van der Waals surface area contributed by atoms with E-state index in [0.717, 1.165) is 12.8 Å².